The first kappa shape index (κ1) is 27.0. The van der Waals surface area contributed by atoms with Crippen molar-refractivity contribution in [3.8, 4) is 0 Å². The zero-order chi connectivity index (χ0) is 24.5. The zero-order valence-corrected chi connectivity index (χ0v) is 21.5. The van der Waals surface area contributed by atoms with Crippen molar-refractivity contribution in [3.05, 3.63) is 35.5 Å². The highest BCUT2D eigenvalue weighted by Gasteiger charge is 2.46. The van der Waals surface area contributed by atoms with Crippen molar-refractivity contribution in [1.29, 1.82) is 0 Å². The van der Waals surface area contributed by atoms with Crippen LogP contribution in [0.2, 0.25) is 0 Å². The first-order valence-electron chi connectivity index (χ1n) is 10.1. The Hall–Kier alpha value is -1.22. The van der Waals surface area contributed by atoms with E-state index < -0.39 is 39.0 Å². The van der Waals surface area contributed by atoms with Gasteiger partial charge in [-0.25, -0.2) is 0 Å². The summed E-state index contributed by atoms with van der Waals surface area (Å²) >= 11 is 24.3. The maximum atomic E-state index is 12.6. The van der Waals surface area contributed by atoms with Gasteiger partial charge >= 0.3 is 7.12 Å². The van der Waals surface area contributed by atoms with Crippen LogP contribution in [0, 0.1) is 11.3 Å². The molecule has 0 bridgehead atoms. The van der Waals surface area contributed by atoms with E-state index in [2.05, 4.69) is 10.6 Å². The number of aliphatic hydroxyl groups excluding tert-OH is 1. The second kappa shape index (κ2) is 9.96. The summed E-state index contributed by atoms with van der Waals surface area (Å²) in [6.45, 7) is 9.19. The second-order valence-corrected chi connectivity index (χ2v) is 12.0. The van der Waals surface area contributed by atoms with Gasteiger partial charge in [-0.15, -0.1) is 0 Å². The summed E-state index contributed by atoms with van der Waals surface area (Å²) in [5.41, 5.74) is -0.567. The average Bonchev–Trinajstić information content (AvgIpc) is 3.03. The molecule has 0 aromatic heterocycles. The van der Waals surface area contributed by atoms with Gasteiger partial charge in [0.05, 0.1) is 18.1 Å². The van der Waals surface area contributed by atoms with Gasteiger partial charge in [0.25, 0.3) is 11.9 Å². The summed E-state index contributed by atoms with van der Waals surface area (Å²) in [7, 11) is -0.899. The smallest absolute Gasteiger partial charge is 0.522 e. The van der Waals surface area contributed by atoms with Crippen LogP contribution in [0.25, 0.3) is 0 Å². The third-order valence-corrected chi connectivity index (χ3v) is 5.73. The van der Waals surface area contributed by atoms with Gasteiger partial charge in [0.2, 0.25) is 5.91 Å². The van der Waals surface area contributed by atoms with Crippen LogP contribution in [0.15, 0.2) is 35.5 Å². The van der Waals surface area contributed by atoms with Gasteiger partial charge in [-0.3, -0.25) is 9.59 Å². The van der Waals surface area contributed by atoms with Crippen LogP contribution in [0.1, 0.15) is 41.0 Å². The van der Waals surface area contributed by atoms with Gasteiger partial charge in [0.15, 0.2) is 14.4 Å². The van der Waals surface area contributed by atoms with Crippen LogP contribution < -0.4 is 10.6 Å². The molecule has 0 fully saturated rings. The van der Waals surface area contributed by atoms with E-state index in [4.69, 9.17) is 55.7 Å². The molecular weight excluding hydrogens is 501 g/mol. The molecule has 2 amide bonds. The number of carbonyl (C=O) groups excluding carboxylic acids is 2. The minimum atomic E-state index is -1.63. The van der Waals surface area contributed by atoms with Crippen LogP contribution in [-0.2, 0) is 18.9 Å². The Bertz CT molecular complexity index is 849. The summed E-state index contributed by atoms with van der Waals surface area (Å²) in [5.74, 6) is -1.56. The minimum absolute atomic E-state index is 0.0914. The monoisotopic (exact) mass is 526 g/mol. The molecule has 2 rings (SSSR count). The number of halogens is 4. The maximum Gasteiger partial charge on any atom is 0.620 e. The quantitative estimate of drug-likeness (QED) is 0.260. The van der Waals surface area contributed by atoms with Crippen molar-refractivity contribution in [3.63, 3.8) is 0 Å². The Balaban J connectivity index is 2.01. The number of rotatable bonds is 7. The molecule has 0 spiro atoms. The van der Waals surface area contributed by atoms with Gasteiger partial charge in [0.1, 0.15) is 0 Å². The van der Waals surface area contributed by atoms with Gasteiger partial charge in [0, 0.05) is 5.41 Å². The first-order valence-corrected chi connectivity index (χ1v) is 11.6. The lowest BCUT2D eigenvalue weighted by atomic mass is 9.74. The van der Waals surface area contributed by atoms with Crippen molar-refractivity contribution in [2.75, 3.05) is 6.54 Å². The molecule has 1 aliphatic carbocycles. The third kappa shape index (κ3) is 7.14. The van der Waals surface area contributed by atoms with Crippen LogP contribution >= 0.6 is 46.4 Å². The number of nitrogens with one attached hydrogen (secondary N) is 2. The van der Waals surface area contributed by atoms with Gasteiger partial charge < -0.3 is 25.0 Å². The van der Waals surface area contributed by atoms with E-state index in [0.717, 1.165) is 0 Å². The summed E-state index contributed by atoms with van der Waals surface area (Å²) in [6.07, 6.45) is 4.38. The Labute approximate surface area is 208 Å². The molecule has 1 aliphatic heterocycles. The molecule has 0 aromatic rings. The van der Waals surface area contributed by atoms with E-state index in [9.17, 15) is 14.7 Å². The summed E-state index contributed by atoms with van der Waals surface area (Å²) < 4.78 is 8.19. The van der Waals surface area contributed by atoms with E-state index >= 15 is 0 Å². The van der Waals surface area contributed by atoms with Crippen molar-refractivity contribution in [2.24, 2.45) is 11.3 Å². The first-order chi connectivity index (χ1) is 14.5. The molecule has 0 unspecified atom stereocenters. The van der Waals surface area contributed by atoms with Crippen molar-refractivity contribution in [2.45, 2.75) is 55.6 Å². The number of allylic oxidation sites excluding steroid dienone is 4. The average molecular weight is 528 g/mol. The summed E-state index contributed by atoms with van der Waals surface area (Å²) in [4.78, 5) is 25.1. The highest BCUT2D eigenvalue weighted by atomic mass is 35.5. The van der Waals surface area contributed by atoms with Crippen LogP contribution in [0.4, 0.5) is 0 Å². The molecule has 12 heteroatoms. The molecule has 0 saturated carbocycles. The number of aliphatic hydroxyl groups is 1. The number of amides is 2. The van der Waals surface area contributed by atoms with Crippen molar-refractivity contribution in [1.82, 2.24) is 10.6 Å². The van der Waals surface area contributed by atoms with Crippen LogP contribution in [-0.4, -0.2) is 45.2 Å². The SMILES string of the molecule is CC(C)C[C@H](NC(=O)CNC(=O)C1=CC(Cl)(Cl)C=CC1(Cl)Cl)B1OC(O)=C(C(C)(C)C)O1. The molecule has 178 valence electrons. The summed E-state index contributed by atoms with van der Waals surface area (Å²) in [5, 5.41) is 15.4. The Morgan fingerprint density at radius 2 is 1.78 bits per heavy atom. The fourth-order valence-electron chi connectivity index (χ4n) is 3.13. The molecule has 0 radical (unpaired) electrons. The lowest BCUT2D eigenvalue weighted by molar-refractivity contribution is -0.124. The molecule has 0 saturated heterocycles. The standard InChI is InChI=1S/C20H27BCl4N2O5/c1-11(2)8-13(21-31-15(17(30)32-21)18(3,4)5)27-14(28)10-26-16(29)12-9-19(22,23)6-7-20(12,24)25/h6-7,9,11,13,30H,8,10H2,1-5H3,(H,26,29)(H,27,28)/t13-/m0/s1. The topological polar surface area (TPSA) is 96.9 Å². The fraction of sp³-hybridized carbons (Fsp3) is 0.600. The van der Waals surface area contributed by atoms with E-state index in [1.807, 2.05) is 34.6 Å². The highest BCUT2D eigenvalue weighted by molar-refractivity contribution is 6.56. The third-order valence-electron chi connectivity index (χ3n) is 4.60. The number of carbonyl (C=O) groups is 2. The summed E-state index contributed by atoms with van der Waals surface area (Å²) in [6, 6.07) is 0. The molecule has 1 heterocycles. The second-order valence-electron chi connectivity index (χ2n) is 9.16. The van der Waals surface area contributed by atoms with E-state index in [-0.39, 0.29) is 24.0 Å². The number of alkyl halides is 4. The van der Waals surface area contributed by atoms with Crippen LogP contribution in [0.3, 0.4) is 0 Å². The van der Waals surface area contributed by atoms with Gasteiger partial charge in [-0.05, 0) is 30.6 Å². The normalized spacial score (nSPS) is 20.4. The molecule has 32 heavy (non-hydrogen) atoms. The van der Waals surface area contributed by atoms with Crippen LogP contribution in [0.5, 0.6) is 0 Å². The number of hydrogen-bond acceptors (Lipinski definition) is 5. The Morgan fingerprint density at radius 3 is 2.31 bits per heavy atom. The van der Waals surface area contributed by atoms with E-state index in [0.29, 0.717) is 12.2 Å². The molecule has 2 aliphatic rings. The van der Waals surface area contributed by atoms with E-state index in [1.54, 1.807) is 0 Å². The minimum Gasteiger partial charge on any atom is -0.522 e. The maximum absolute atomic E-state index is 12.6. The predicted octanol–water partition coefficient (Wildman–Crippen LogP) is 4.32. The molecule has 0 aromatic carbocycles. The Morgan fingerprint density at radius 1 is 1.16 bits per heavy atom. The molecular formula is C20H27BCl4N2O5. The van der Waals surface area contributed by atoms with Gasteiger partial charge in [-0.2, -0.15) is 0 Å². The van der Waals surface area contributed by atoms with Crippen molar-refractivity contribution < 1.29 is 24.0 Å². The molecule has 7 nitrogen and oxygen atoms in total. The molecule has 1 atom stereocenters. The fourth-order valence-corrected chi connectivity index (χ4v) is 3.89. The number of hydrogen-bond donors (Lipinski definition) is 3. The van der Waals surface area contributed by atoms with Gasteiger partial charge in [-0.1, -0.05) is 81.0 Å². The Kier molecular flexibility index (Phi) is 8.41. The largest absolute Gasteiger partial charge is 0.620 e. The lowest BCUT2D eigenvalue weighted by Gasteiger charge is -2.27. The lowest BCUT2D eigenvalue weighted by Crippen LogP contribution is -2.51. The molecule has 3 N–H and O–H groups in total. The van der Waals surface area contributed by atoms with Crippen molar-refractivity contribution >= 4 is 65.3 Å². The predicted molar refractivity (Wildman–Crippen MR) is 128 cm³/mol. The highest BCUT2D eigenvalue weighted by Crippen LogP contribution is 2.41. The zero-order valence-electron chi connectivity index (χ0n) is 18.5. The van der Waals surface area contributed by atoms with E-state index in [1.165, 1.54) is 18.2 Å².